The highest BCUT2D eigenvalue weighted by molar-refractivity contribution is 9.10. The second-order valence-corrected chi connectivity index (χ2v) is 6.46. The van der Waals surface area contributed by atoms with Gasteiger partial charge in [-0.1, -0.05) is 0 Å². The normalized spacial score (nSPS) is 22.8. The van der Waals surface area contributed by atoms with Crippen LogP contribution in [0.1, 0.15) is 36.2 Å². The van der Waals surface area contributed by atoms with E-state index in [0.717, 1.165) is 25.7 Å². The number of piperidine rings is 1. The Labute approximate surface area is 137 Å². The minimum atomic E-state index is -0.292. The summed E-state index contributed by atoms with van der Waals surface area (Å²) in [5, 5.41) is 3.03. The number of hydrogen-bond donors (Lipinski definition) is 1. The van der Waals surface area contributed by atoms with Crippen molar-refractivity contribution in [3.8, 4) is 0 Å². The van der Waals surface area contributed by atoms with Gasteiger partial charge in [0.25, 0.3) is 5.91 Å². The molecule has 1 aromatic heterocycles. The number of rotatable bonds is 3. The average Bonchev–Trinajstić information content (AvgIpc) is 3.18. The number of amides is 2. The lowest BCUT2D eigenvalue weighted by atomic mass is 10.0. The average molecular weight is 371 g/mol. The monoisotopic (exact) mass is 370 g/mol. The molecule has 3 rings (SSSR count). The van der Waals surface area contributed by atoms with E-state index < -0.39 is 0 Å². The van der Waals surface area contributed by atoms with Crippen molar-refractivity contribution in [3.63, 3.8) is 0 Å². The van der Waals surface area contributed by atoms with Crippen molar-refractivity contribution >= 4 is 27.7 Å². The first-order valence-corrected chi connectivity index (χ1v) is 8.39. The first-order chi connectivity index (χ1) is 10.6. The van der Waals surface area contributed by atoms with Gasteiger partial charge >= 0.3 is 0 Å². The summed E-state index contributed by atoms with van der Waals surface area (Å²) in [6.45, 7) is 1.91. The van der Waals surface area contributed by atoms with Gasteiger partial charge in [0.2, 0.25) is 5.91 Å². The lowest BCUT2D eigenvalue weighted by Gasteiger charge is -2.32. The Balaban J connectivity index is 1.47. The fourth-order valence-corrected chi connectivity index (χ4v) is 3.20. The smallest absolute Gasteiger partial charge is 0.289 e. The molecule has 1 unspecified atom stereocenters. The van der Waals surface area contributed by atoms with Gasteiger partial charge in [-0.25, -0.2) is 0 Å². The molecule has 2 aliphatic heterocycles. The molecule has 7 heteroatoms. The molecule has 2 fully saturated rings. The maximum Gasteiger partial charge on any atom is 0.289 e. The maximum absolute atomic E-state index is 12.3. The standard InChI is InChI=1S/C15H19BrN2O4/c16-13-4-3-12(22-13)15(20)18-7-5-10(6-8-18)17-14(19)11-2-1-9-21-11/h3-4,10-11H,1-2,5-9H2,(H,17,19). The van der Waals surface area contributed by atoms with E-state index in [1.165, 1.54) is 0 Å². The maximum atomic E-state index is 12.3. The van der Waals surface area contributed by atoms with Crippen molar-refractivity contribution in [2.75, 3.05) is 19.7 Å². The zero-order valence-corrected chi connectivity index (χ0v) is 13.8. The Morgan fingerprint density at radius 1 is 1.23 bits per heavy atom. The fourth-order valence-electron chi connectivity index (χ4n) is 2.89. The summed E-state index contributed by atoms with van der Waals surface area (Å²) < 4.78 is 11.2. The molecule has 0 aliphatic carbocycles. The minimum Gasteiger partial charge on any atom is -0.444 e. The number of likely N-dealkylation sites (tertiary alicyclic amines) is 1. The fraction of sp³-hybridized carbons (Fsp3) is 0.600. The number of ether oxygens (including phenoxy) is 1. The van der Waals surface area contributed by atoms with Crippen molar-refractivity contribution in [3.05, 3.63) is 22.6 Å². The molecule has 2 aliphatic rings. The van der Waals surface area contributed by atoms with Crippen molar-refractivity contribution in [1.82, 2.24) is 10.2 Å². The molecule has 0 radical (unpaired) electrons. The third kappa shape index (κ3) is 3.52. The number of nitrogens with zero attached hydrogens (tertiary/aromatic N) is 1. The highest BCUT2D eigenvalue weighted by Gasteiger charge is 2.29. The summed E-state index contributed by atoms with van der Waals surface area (Å²) in [5.41, 5.74) is 0. The van der Waals surface area contributed by atoms with Gasteiger partial charge in [0, 0.05) is 25.7 Å². The van der Waals surface area contributed by atoms with E-state index >= 15 is 0 Å². The number of halogens is 1. The van der Waals surface area contributed by atoms with Gasteiger partial charge in [-0.2, -0.15) is 0 Å². The lowest BCUT2D eigenvalue weighted by Crippen LogP contribution is -2.48. The minimum absolute atomic E-state index is 0.0164. The van der Waals surface area contributed by atoms with E-state index in [2.05, 4.69) is 21.2 Å². The topological polar surface area (TPSA) is 71.8 Å². The molecule has 0 spiro atoms. The predicted octanol–water partition coefficient (Wildman–Crippen LogP) is 1.94. The largest absolute Gasteiger partial charge is 0.444 e. The van der Waals surface area contributed by atoms with Crippen LogP contribution < -0.4 is 5.32 Å². The quantitative estimate of drug-likeness (QED) is 0.882. The third-order valence-corrected chi connectivity index (χ3v) is 4.56. The number of furan rings is 1. The number of hydrogen-bond acceptors (Lipinski definition) is 4. The third-order valence-electron chi connectivity index (χ3n) is 4.13. The van der Waals surface area contributed by atoms with E-state index in [1.54, 1.807) is 17.0 Å². The molecular formula is C15H19BrN2O4. The lowest BCUT2D eigenvalue weighted by molar-refractivity contribution is -0.131. The molecule has 1 aromatic rings. The molecule has 2 amide bonds. The SMILES string of the molecule is O=C(NC1CCN(C(=O)c2ccc(Br)o2)CC1)C1CCCO1. The number of carbonyl (C=O) groups is 2. The molecule has 120 valence electrons. The Hall–Kier alpha value is -1.34. The van der Waals surface area contributed by atoms with Gasteiger partial charge in [-0.3, -0.25) is 9.59 Å². The van der Waals surface area contributed by atoms with E-state index in [1.807, 2.05) is 0 Å². The van der Waals surface area contributed by atoms with Gasteiger partial charge in [0.15, 0.2) is 10.4 Å². The van der Waals surface area contributed by atoms with Crippen molar-refractivity contribution < 1.29 is 18.7 Å². The van der Waals surface area contributed by atoms with Crippen molar-refractivity contribution in [2.24, 2.45) is 0 Å². The Bertz CT molecular complexity index is 545. The van der Waals surface area contributed by atoms with E-state index in [0.29, 0.717) is 30.1 Å². The van der Waals surface area contributed by atoms with Crippen molar-refractivity contribution in [1.29, 1.82) is 0 Å². The van der Waals surface area contributed by atoms with Crippen LogP contribution in [0.25, 0.3) is 0 Å². The summed E-state index contributed by atoms with van der Waals surface area (Å²) in [7, 11) is 0. The summed E-state index contributed by atoms with van der Waals surface area (Å²) in [6.07, 6.45) is 2.97. The molecule has 0 aromatic carbocycles. The first kappa shape index (κ1) is 15.6. The first-order valence-electron chi connectivity index (χ1n) is 7.60. The van der Waals surface area contributed by atoms with Crippen LogP contribution in [0.3, 0.4) is 0 Å². The zero-order valence-electron chi connectivity index (χ0n) is 12.2. The number of carbonyl (C=O) groups excluding carboxylic acids is 2. The summed E-state index contributed by atoms with van der Waals surface area (Å²) in [6, 6.07) is 3.49. The van der Waals surface area contributed by atoms with Gasteiger partial charge < -0.3 is 19.4 Å². The Morgan fingerprint density at radius 3 is 2.59 bits per heavy atom. The van der Waals surface area contributed by atoms with E-state index in [4.69, 9.17) is 9.15 Å². The molecule has 1 atom stereocenters. The van der Waals surface area contributed by atoms with Gasteiger partial charge in [-0.05, 0) is 53.7 Å². The van der Waals surface area contributed by atoms with Crippen LogP contribution in [0.15, 0.2) is 21.2 Å². The van der Waals surface area contributed by atoms with Crippen LogP contribution in [0.5, 0.6) is 0 Å². The summed E-state index contributed by atoms with van der Waals surface area (Å²) in [4.78, 5) is 26.0. The number of nitrogens with one attached hydrogen (secondary N) is 1. The van der Waals surface area contributed by atoms with Gasteiger partial charge in [0.05, 0.1) is 0 Å². The van der Waals surface area contributed by atoms with Crippen LogP contribution in [-0.2, 0) is 9.53 Å². The highest BCUT2D eigenvalue weighted by atomic mass is 79.9. The zero-order chi connectivity index (χ0) is 15.5. The van der Waals surface area contributed by atoms with Gasteiger partial charge in [-0.15, -0.1) is 0 Å². The second-order valence-electron chi connectivity index (χ2n) is 5.68. The Kier molecular flexibility index (Phi) is 4.83. The molecule has 0 saturated carbocycles. The van der Waals surface area contributed by atoms with Crippen LogP contribution in [0.2, 0.25) is 0 Å². The van der Waals surface area contributed by atoms with Crippen LogP contribution >= 0.6 is 15.9 Å². The molecule has 2 saturated heterocycles. The van der Waals surface area contributed by atoms with Crippen LogP contribution in [0, 0.1) is 0 Å². The van der Waals surface area contributed by atoms with Crippen LogP contribution in [0.4, 0.5) is 0 Å². The molecular weight excluding hydrogens is 352 g/mol. The Morgan fingerprint density at radius 2 is 2.00 bits per heavy atom. The molecule has 3 heterocycles. The van der Waals surface area contributed by atoms with Crippen molar-refractivity contribution in [2.45, 2.75) is 37.8 Å². The van der Waals surface area contributed by atoms with E-state index in [-0.39, 0.29) is 24.0 Å². The van der Waals surface area contributed by atoms with Crippen LogP contribution in [-0.4, -0.2) is 48.6 Å². The summed E-state index contributed by atoms with van der Waals surface area (Å²) >= 11 is 3.20. The molecule has 1 N–H and O–H groups in total. The second kappa shape index (κ2) is 6.83. The predicted molar refractivity (Wildman–Crippen MR) is 82.5 cm³/mol. The van der Waals surface area contributed by atoms with Gasteiger partial charge in [0.1, 0.15) is 6.10 Å². The van der Waals surface area contributed by atoms with E-state index in [9.17, 15) is 9.59 Å². The molecule has 22 heavy (non-hydrogen) atoms. The molecule has 0 bridgehead atoms. The highest BCUT2D eigenvalue weighted by Crippen LogP contribution is 2.19. The molecule has 6 nitrogen and oxygen atoms in total. The summed E-state index contributed by atoms with van der Waals surface area (Å²) in [5.74, 6) is 0.223.